The standard InChI is InChI=1S/C11H12.C7H17P.3C4H9.CH3.Sn/c1-8-6-7-9(2)11-5-3-4-10(8)11;1-6(2)8(5)7(3)4;3*1-3-4-2;;/h3-4,6-7H,5H2,1-2H3;6-7H,1-5H3;3*1,3-4H2,2H3;1H3;. The molecule has 1 aromatic carbocycles. The maximum absolute atomic E-state index is 2.72. The Labute approximate surface area is 215 Å². The van der Waals surface area contributed by atoms with E-state index < -0.39 is 18.4 Å². The average molecular weight is 581 g/mol. The van der Waals surface area contributed by atoms with Gasteiger partial charge in [0.15, 0.2) is 0 Å². The average Bonchev–Trinajstić information content (AvgIpc) is 3.29. The number of rotatable bonds is 11. The normalized spacial score (nSPS) is 12.5. The van der Waals surface area contributed by atoms with Gasteiger partial charge in [0.05, 0.1) is 0 Å². The van der Waals surface area contributed by atoms with Gasteiger partial charge in [-0.2, -0.15) is 0 Å². The molecule has 1 aromatic rings. The number of hydrogen-bond acceptors (Lipinski definition) is 0. The van der Waals surface area contributed by atoms with Gasteiger partial charge in [-0.05, 0) is 60.5 Å². The predicted molar refractivity (Wildman–Crippen MR) is 163 cm³/mol. The van der Waals surface area contributed by atoms with Crippen LogP contribution in [0.1, 0.15) is 109 Å². The van der Waals surface area contributed by atoms with Crippen LogP contribution >= 0.6 is 7.92 Å². The van der Waals surface area contributed by atoms with Gasteiger partial charge in [0.2, 0.25) is 0 Å². The zero-order chi connectivity index (χ0) is 25.4. The van der Waals surface area contributed by atoms with E-state index in [9.17, 15) is 0 Å². The van der Waals surface area contributed by atoms with Gasteiger partial charge in [-0.3, -0.25) is 0 Å². The van der Waals surface area contributed by atoms with Crippen LogP contribution in [-0.2, 0) is 6.42 Å². The summed E-state index contributed by atoms with van der Waals surface area (Å²) < 4.78 is 4.97. The van der Waals surface area contributed by atoms with E-state index in [-0.39, 0.29) is 0 Å². The molecule has 0 radical (unpaired) electrons. The van der Waals surface area contributed by atoms with Gasteiger partial charge in [-0.15, -0.1) is 7.92 Å². The third kappa shape index (κ3) is 13.8. The van der Waals surface area contributed by atoms with Crippen molar-refractivity contribution in [3.05, 3.63) is 40.5 Å². The molecule has 0 fully saturated rings. The molecule has 1 aliphatic carbocycles. The van der Waals surface area contributed by atoms with Crippen molar-refractivity contribution in [3.63, 3.8) is 0 Å². The maximum atomic E-state index is 2.72. The quantitative estimate of drug-likeness (QED) is 0.180. The van der Waals surface area contributed by atoms with Crippen molar-refractivity contribution >= 4 is 32.4 Å². The first-order chi connectivity index (χ1) is 15.5. The van der Waals surface area contributed by atoms with Gasteiger partial charge >= 0.3 is 95.9 Å². The largest absolute Gasteiger partial charge is 0.0795 e. The third-order valence-electron chi connectivity index (χ3n) is 7.45. The summed E-state index contributed by atoms with van der Waals surface area (Å²) >= 11 is -1.56. The Hall–Kier alpha value is 0.189. The molecule has 33 heavy (non-hydrogen) atoms. The minimum Gasteiger partial charge on any atom is -0.0795 e. The van der Waals surface area contributed by atoms with E-state index in [1.807, 2.05) is 0 Å². The molecule has 0 saturated carbocycles. The fraction of sp³-hybridized carbons (Fsp3) is 0.742. The van der Waals surface area contributed by atoms with Gasteiger partial charge in [0.25, 0.3) is 0 Å². The topological polar surface area (TPSA) is 0 Å². The summed E-state index contributed by atoms with van der Waals surface area (Å²) in [5, 5.41) is 0. The Morgan fingerprint density at radius 2 is 1.21 bits per heavy atom. The molecular weight excluding hydrogens is 522 g/mol. The fourth-order valence-corrected chi connectivity index (χ4v) is 18.1. The SMILES string of the molecule is CC(C)P(C)C(C)C.CCC[CH2][Sn]([CH3])([CH2]CCC)[CH2]CCC.Cc1ccc(C)c2c1C=CC2. The molecule has 0 nitrogen and oxygen atoms in total. The Morgan fingerprint density at radius 3 is 1.55 bits per heavy atom. The molecule has 0 aliphatic heterocycles. The molecular formula is C31H59PSn. The Morgan fingerprint density at radius 1 is 0.788 bits per heavy atom. The number of fused-ring (bicyclic) bond motifs is 1. The van der Waals surface area contributed by atoms with Crippen molar-refractivity contribution in [1.29, 1.82) is 0 Å². The molecule has 1 aliphatic rings. The minimum atomic E-state index is -1.56. The molecule has 0 unspecified atom stereocenters. The van der Waals surface area contributed by atoms with Crippen LogP contribution in [0.4, 0.5) is 0 Å². The van der Waals surface area contributed by atoms with Crippen LogP contribution in [0.3, 0.4) is 0 Å². The van der Waals surface area contributed by atoms with Crippen LogP contribution in [0.5, 0.6) is 0 Å². The summed E-state index contributed by atoms with van der Waals surface area (Å²) in [6, 6.07) is 4.41. The van der Waals surface area contributed by atoms with E-state index in [0.717, 1.165) is 17.7 Å². The van der Waals surface area contributed by atoms with Crippen LogP contribution in [-0.4, -0.2) is 36.4 Å². The first-order valence-electron chi connectivity index (χ1n) is 14.0. The second kappa shape index (κ2) is 18.5. The number of hydrogen-bond donors (Lipinski definition) is 0. The molecule has 0 heterocycles. The first kappa shape index (κ1) is 33.2. The monoisotopic (exact) mass is 582 g/mol. The van der Waals surface area contributed by atoms with E-state index in [2.05, 4.69) is 98.2 Å². The zero-order valence-electron chi connectivity index (χ0n) is 24.5. The van der Waals surface area contributed by atoms with Crippen LogP contribution in [0.15, 0.2) is 18.2 Å². The van der Waals surface area contributed by atoms with Crippen molar-refractivity contribution in [2.75, 3.05) is 6.66 Å². The predicted octanol–water partition coefficient (Wildman–Crippen LogP) is 11.3. The summed E-state index contributed by atoms with van der Waals surface area (Å²) in [7, 11) is 0.301. The van der Waals surface area contributed by atoms with Crippen LogP contribution in [0.2, 0.25) is 18.2 Å². The number of allylic oxidation sites excluding steroid dienone is 1. The summed E-state index contributed by atoms with van der Waals surface area (Å²) in [6.07, 6.45) is 14.4. The second-order valence-electron chi connectivity index (χ2n) is 11.2. The molecule has 0 saturated heterocycles. The fourth-order valence-electron chi connectivity index (χ4n) is 4.47. The van der Waals surface area contributed by atoms with Crippen LogP contribution < -0.4 is 0 Å². The summed E-state index contributed by atoms with van der Waals surface area (Å²) in [5.41, 5.74) is 7.61. The molecule has 0 N–H and O–H groups in total. The van der Waals surface area contributed by atoms with Crippen molar-refractivity contribution in [1.82, 2.24) is 0 Å². The molecule has 192 valence electrons. The van der Waals surface area contributed by atoms with Crippen molar-refractivity contribution in [3.8, 4) is 0 Å². The molecule has 0 amide bonds. The van der Waals surface area contributed by atoms with Gasteiger partial charge in [0, 0.05) is 0 Å². The molecule has 0 atom stereocenters. The smallest absolute Gasteiger partial charge is 0.00854 e. The second-order valence-corrected chi connectivity index (χ2v) is 29.2. The van der Waals surface area contributed by atoms with Crippen molar-refractivity contribution in [2.24, 2.45) is 0 Å². The van der Waals surface area contributed by atoms with Gasteiger partial charge in [0.1, 0.15) is 0 Å². The van der Waals surface area contributed by atoms with E-state index >= 15 is 0 Å². The summed E-state index contributed by atoms with van der Waals surface area (Å²) in [5.74, 6) is 0. The van der Waals surface area contributed by atoms with Crippen LogP contribution in [0.25, 0.3) is 6.08 Å². The van der Waals surface area contributed by atoms with E-state index in [4.69, 9.17) is 0 Å². The third-order valence-corrected chi connectivity index (χ3v) is 24.1. The molecule has 0 spiro atoms. The minimum absolute atomic E-state index is 0.301. The van der Waals surface area contributed by atoms with Gasteiger partial charge in [-0.25, -0.2) is 0 Å². The summed E-state index contributed by atoms with van der Waals surface area (Å²) in [6.45, 7) is 23.0. The Kier molecular flexibility index (Phi) is 18.6. The van der Waals surface area contributed by atoms with Crippen molar-refractivity contribution < 1.29 is 0 Å². The Balaban J connectivity index is 0.000000483. The van der Waals surface area contributed by atoms with Gasteiger partial charge < -0.3 is 0 Å². The zero-order valence-corrected chi connectivity index (χ0v) is 28.2. The molecule has 2 heteroatoms. The molecule has 2 rings (SSSR count). The first-order valence-corrected chi connectivity index (χ1v) is 24.8. The number of unbranched alkanes of at least 4 members (excludes halogenated alkanes) is 3. The maximum Gasteiger partial charge on any atom is -0.00854 e. The Bertz CT molecular complexity index is 629. The summed E-state index contributed by atoms with van der Waals surface area (Å²) in [4.78, 5) is 2.72. The molecule has 0 aromatic heterocycles. The van der Waals surface area contributed by atoms with Gasteiger partial charge in [-0.1, -0.05) is 52.0 Å². The van der Waals surface area contributed by atoms with E-state index in [0.29, 0.717) is 7.92 Å². The van der Waals surface area contributed by atoms with Crippen molar-refractivity contribution in [2.45, 2.75) is 137 Å². The number of benzene rings is 1. The van der Waals surface area contributed by atoms with E-state index in [1.54, 1.807) is 13.3 Å². The van der Waals surface area contributed by atoms with Crippen LogP contribution in [0, 0.1) is 13.8 Å². The molecule has 0 bridgehead atoms. The number of aryl methyl sites for hydroxylation is 2. The van der Waals surface area contributed by atoms with E-state index in [1.165, 1.54) is 60.8 Å².